The molecule has 5 nitrogen and oxygen atoms in total. The highest BCUT2D eigenvalue weighted by molar-refractivity contribution is 7.63. The molecule has 1 aliphatic heterocycles. The van der Waals surface area contributed by atoms with Crippen molar-refractivity contribution in [3.8, 4) is 0 Å². The molecule has 0 aromatic heterocycles. The second-order valence-corrected chi connectivity index (χ2v) is 8.15. The summed E-state index contributed by atoms with van der Waals surface area (Å²) in [5, 5.41) is 10.4. The van der Waals surface area contributed by atoms with Crippen molar-refractivity contribution < 1.29 is 36.1 Å². The van der Waals surface area contributed by atoms with E-state index in [-0.39, 0.29) is 30.6 Å². The van der Waals surface area contributed by atoms with E-state index in [0.29, 0.717) is 24.3 Å². The Balaban J connectivity index is 0.000000298. The van der Waals surface area contributed by atoms with Gasteiger partial charge >= 0.3 is 12.1 Å². The lowest BCUT2D eigenvalue weighted by molar-refractivity contribution is -0.192. The Bertz CT molecular complexity index is 510. The van der Waals surface area contributed by atoms with Gasteiger partial charge in [-0.25, -0.2) is 22.1 Å². The monoisotopic (exact) mass is 406 g/mol. The average molecular weight is 406 g/mol. The highest BCUT2D eigenvalue weighted by Gasteiger charge is 2.50. The number of carboxylic acids is 1. The van der Waals surface area contributed by atoms with Crippen molar-refractivity contribution in [2.24, 2.45) is 11.3 Å². The van der Waals surface area contributed by atoms with Crippen molar-refractivity contribution in [3.63, 3.8) is 0 Å². The van der Waals surface area contributed by atoms with E-state index in [1.807, 2.05) is 4.31 Å². The van der Waals surface area contributed by atoms with Crippen LogP contribution in [0.5, 0.6) is 0 Å². The number of nitrogens with zero attached hydrogens (tertiary/aromatic N) is 1. The zero-order valence-electron chi connectivity index (χ0n) is 14.1. The quantitative estimate of drug-likeness (QED) is 0.495. The molecule has 2 saturated carbocycles. The van der Waals surface area contributed by atoms with Gasteiger partial charge in [0.05, 0.1) is 11.9 Å². The SMILES string of the molecule is O=C(O)C(F)(F)F.O=[SH]N(CC1CCC(F)(F)CC1)C1CC2(CNC2)C1. The normalized spacial score (nSPS) is 27.2. The third-order valence-electron chi connectivity index (χ3n) is 5.39. The topological polar surface area (TPSA) is 69.6 Å². The fourth-order valence-corrected chi connectivity index (χ4v) is 4.31. The maximum atomic E-state index is 13.1. The van der Waals surface area contributed by atoms with Gasteiger partial charge in [-0.3, -0.25) is 0 Å². The minimum absolute atomic E-state index is 0.000221. The van der Waals surface area contributed by atoms with E-state index in [1.54, 1.807) is 0 Å². The van der Waals surface area contributed by atoms with Crippen LogP contribution in [0, 0.1) is 11.3 Å². The molecule has 0 bridgehead atoms. The van der Waals surface area contributed by atoms with E-state index in [1.165, 1.54) is 0 Å². The molecule has 0 aromatic carbocycles. The minimum atomic E-state index is -5.08. The lowest BCUT2D eigenvalue weighted by atomic mass is 9.61. The molecule has 1 spiro atoms. The summed E-state index contributed by atoms with van der Waals surface area (Å²) in [6.45, 7) is 2.89. The molecule has 2 N–H and O–H groups in total. The molecular weight excluding hydrogens is 383 g/mol. The fraction of sp³-hybridized carbons (Fsp3) is 0.933. The smallest absolute Gasteiger partial charge is 0.475 e. The Kier molecular flexibility index (Phi) is 6.66. The summed E-state index contributed by atoms with van der Waals surface area (Å²) in [6, 6.07) is 0.392. The molecule has 3 fully saturated rings. The third-order valence-corrected chi connectivity index (χ3v) is 6.09. The summed E-state index contributed by atoms with van der Waals surface area (Å²) in [7, 11) is 0. The van der Waals surface area contributed by atoms with Gasteiger partial charge in [0.1, 0.15) is 0 Å². The number of rotatable bonds is 4. The van der Waals surface area contributed by atoms with Crippen LogP contribution in [0.3, 0.4) is 0 Å². The summed E-state index contributed by atoms with van der Waals surface area (Å²) in [4.78, 5) is 8.90. The first-order valence-corrected chi connectivity index (χ1v) is 9.21. The molecule has 3 rings (SSSR count). The van der Waals surface area contributed by atoms with Gasteiger partial charge in [0.25, 0.3) is 0 Å². The van der Waals surface area contributed by atoms with Crippen molar-refractivity contribution in [2.75, 3.05) is 19.6 Å². The van der Waals surface area contributed by atoms with Crippen LogP contribution in [0.25, 0.3) is 0 Å². The molecule has 0 amide bonds. The Morgan fingerprint density at radius 3 is 2.04 bits per heavy atom. The van der Waals surface area contributed by atoms with Gasteiger partial charge in [0, 0.05) is 38.5 Å². The van der Waals surface area contributed by atoms with Gasteiger partial charge in [-0.2, -0.15) is 13.2 Å². The molecular formula is C15H23F5N2O3S. The molecule has 2 aliphatic carbocycles. The lowest BCUT2D eigenvalue weighted by Crippen LogP contribution is -2.65. The Morgan fingerprint density at radius 1 is 1.19 bits per heavy atom. The molecule has 1 saturated heterocycles. The van der Waals surface area contributed by atoms with Crippen LogP contribution in [0.4, 0.5) is 22.0 Å². The first kappa shape index (κ1) is 21.5. The lowest BCUT2D eigenvalue weighted by Gasteiger charge is -2.56. The van der Waals surface area contributed by atoms with Gasteiger partial charge in [-0.15, -0.1) is 0 Å². The predicted octanol–water partition coefficient (Wildman–Crippen LogP) is 2.36. The summed E-state index contributed by atoms with van der Waals surface area (Å²) in [6.07, 6.45) is -1.73. The zero-order valence-corrected chi connectivity index (χ0v) is 15.0. The van der Waals surface area contributed by atoms with E-state index in [0.717, 1.165) is 32.5 Å². The van der Waals surface area contributed by atoms with Crippen LogP contribution < -0.4 is 5.32 Å². The largest absolute Gasteiger partial charge is 0.490 e. The van der Waals surface area contributed by atoms with Crippen molar-refractivity contribution >= 4 is 17.8 Å². The zero-order chi connectivity index (χ0) is 19.6. The molecule has 0 radical (unpaired) electrons. The van der Waals surface area contributed by atoms with Gasteiger partial charge in [0.15, 0.2) is 0 Å². The second kappa shape index (κ2) is 8.05. The predicted molar refractivity (Wildman–Crippen MR) is 85.2 cm³/mol. The Morgan fingerprint density at radius 2 is 1.69 bits per heavy atom. The first-order chi connectivity index (χ1) is 12.0. The van der Waals surface area contributed by atoms with Crippen molar-refractivity contribution in [2.45, 2.75) is 56.7 Å². The van der Waals surface area contributed by atoms with Crippen LogP contribution >= 0.6 is 0 Å². The van der Waals surface area contributed by atoms with Crippen LogP contribution in [-0.2, 0) is 16.6 Å². The molecule has 3 aliphatic rings. The van der Waals surface area contributed by atoms with Crippen LogP contribution in [0.15, 0.2) is 0 Å². The maximum absolute atomic E-state index is 13.1. The summed E-state index contributed by atoms with van der Waals surface area (Å²) >= 11 is 0.0664. The van der Waals surface area contributed by atoms with Gasteiger partial charge in [0.2, 0.25) is 5.92 Å². The summed E-state index contributed by atoms with van der Waals surface area (Å²) < 4.78 is 71.2. The number of nitrogens with one attached hydrogen (secondary N) is 1. The van der Waals surface area contributed by atoms with Crippen molar-refractivity contribution in [1.29, 1.82) is 0 Å². The fourth-order valence-electron chi connectivity index (χ4n) is 3.71. The molecule has 0 aromatic rings. The first-order valence-electron chi connectivity index (χ1n) is 8.45. The number of carboxylic acid groups (broad SMARTS) is 1. The molecule has 1 heterocycles. The van der Waals surface area contributed by atoms with E-state index in [9.17, 15) is 26.2 Å². The highest BCUT2D eigenvalue weighted by Crippen LogP contribution is 2.47. The van der Waals surface area contributed by atoms with E-state index in [2.05, 4.69) is 5.32 Å². The number of hydrogen-bond acceptors (Lipinski definition) is 3. The molecule has 152 valence electrons. The van der Waals surface area contributed by atoms with E-state index < -0.39 is 18.1 Å². The average Bonchev–Trinajstić information content (AvgIpc) is 2.44. The number of thiol groups is 1. The number of carbonyl (C=O) groups is 1. The third kappa shape index (κ3) is 5.59. The van der Waals surface area contributed by atoms with Crippen LogP contribution in [-0.4, -0.2) is 57.4 Å². The Labute approximate surface area is 151 Å². The van der Waals surface area contributed by atoms with Crippen molar-refractivity contribution in [1.82, 2.24) is 9.62 Å². The van der Waals surface area contributed by atoms with Crippen LogP contribution in [0.2, 0.25) is 0 Å². The number of halogens is 5. The number of alkyl halides is 5. The molecule has 0 atom stereocenters. The summed E-state index contributed by atoms with van der Waals surface area (Å²) in [5.74, 6) is -4.93. The standard InChI is InChI=1S/C13H22F2N2OS.C2HF3O2/c14-13(15)3-1-10(2-4-13)7-17(19-18)11-5-12(6-11)8-16-9-12;3-2(4,5)1(6)7/h10-11,16,19H,1-9H2;(H,6,7). The molecule has 11 heteroatoms. The molecule has 0 unspecified atom stereocenters. The van der Waals surface area contributed by atoms with E-state index in [4.69, 9.17) is 9.90 Å². The van der Waals surface area contributed by atoms with Crippen LogP contribution in [0.1, 0.15) is 38.5 Å². The van der Waals surface area contributed by atoms with Gasteiger partial charge in [-0.05, 0) is 37.0 Å². The summed E-state index contributed by atoms with van der Waals surface area (Å²) in [5.41, 5.74) is 0.465. The number of aliphatic carboxylic acids is 1. The van der Waals surface area contributed by atoms with Gasteiger partial charge in [-0.1, -0.05) is 0 Å². The minimum Gasteiger partial charge on any atom is -0.475 e. The number of hydrogen-bond donors (Lipinski definition) is 3. The maximum Gasteiger partial charge on any atom is 0.490 e. The highest BCUT2D eigenvalue weighted by atomic mass is 32.2. The Hall–Kier alpha value is -0.810. The van der Waals surface area contributed by atoms with Crippen molar-refractivity contribution in [3.05, 3.63) is 0 Å². The second-order valence-electron chi connectivity index (χ2n) is 7.47. The van der Waals surface area contributed by atoms with Gasteiger partial charge < -0.3 is 10.4 Å². The molecule has 26 heavy (non-hydrogen) atoms. The van der Waals surface area contributed by atoms with E-state index >= 15 is 0 Å².